The summed E-state index contributed by atoms with van der Waals surface area (Å²) in [5.74, 6) is -1.67. The van der Waals surface area contributed by atoms with Crippen LogP contribution in [0.3, 0.4) is 0 Å². The Morgan fingerprint density at radius 3 is 0.560 bits per heavy atom. The van der Waals surface area contributed by atoms with Crippen LogP contribution in [-0.4, -0.2) is 109 Å². The van der Waals surface area contributed by atoms with Gasteiger partial charge in [-0.05, 0) is 0 Å². The number of rotatable bonds is 0. The summed E-state index contributed by atoms with van der Waals surface area (Å²) in [4.78, 5) is 18.0. The summed E-state index contributed by atoms with van der Waals surface area (Å²) in [5, 5.41) is 14.8. The SMILES string of the molecule is CC(=O)O.CC(=O)O.O=S(=O)([O-])[O-].O=S(=O)([O-])[O-].O=S(=O)([O-])[O-].[Al+3].[Al+3]. The largest absolute Gasteiger partial charge is 3.00 e. The van der Waals surface area contributed by atoms with Crippen LogP contribution in [0.4, 0.5) is 0 Å². The van der Waals surface area contributed by atoms with E-state index < -0.39 is 43.1 Å². The predicted molar refractivity (Wildman–Crippen MR) is 69.6 cm³/mol. The first kappa shape index (κ1) is 44.2. The fourth-order valence-electron chi connectivity index (χ4n) is 0. The molecule has 144 valence electrons. The summed E-state index contributed by atoms with van der Waals surface area (Å²) in [7, 11) is -15.5. The Hall–Kier alpha value is -0.385. The average Bonchev–Trinajstić information content (AvgIpc) is 1.85. The van der Waals surface area contributed by atoms with Gasteiger partial charge in [-0.15, -0.1) is 0 Å². The minimum Gasteiger partial charge on any atom is -0.759 e. The van der Waals surface area contributed by atoms with E-state index in [2.05, 4.69) is 0 Å². The van der Waals surface area contributed by atoms with Gasteiger partial charge in [-0.2, -0.15) is 0 Å². The molecular formula is C4H8Al2O16S3. The number of carboxylic acid groups (broad SMARTS) is 2. The molecule has 0 aliphatic heterocycles. The molecule has 25 heavy (non-hydrogen) atoms. The van der Waals surface area contributed by atoms with Crippen LogP contribution < -0.4 is 0 Å². The zero-order valence-electron chi connectivity index (χ0n) is 12.0. The third-order valence-electron chi connectivity index (χ3n) is 0. The Labute approximate surface area is 163 Å². The molecule has 0 radical (unpaired) electrons. The quantitative estimate of drug-likeness (QED) is 0.194. The monoisotopic (exact) mass is 462 g/mol. The minimum atomic E-state index is -5.17. The summed E-state index contributed by atoms with van der Waals surface area (Å²) < 4.78 is 102. The van der Waals surface area contributed by atoms with E-state index in [0.717, 1.165) is 13.8 Å². The molecule has 0 bridgehead atoms. The second-order valence-electron chi connectivity index (χ2n) is 2.26. The molecule has 0 aromatic carbocycles. The third kappa shape index (κ3) is 74400. The van der Waals surface area contributed by atoms with Crippen LogP contribution in [0.5, 0.6) is 0 Å². The standard InChI is InChI=1S/2C2H4O2.2Al.3H2O4S/c2*1-2(3)4;;;3*1-5(2,3)4/h2*1H3,(H,3,4);;;3*(H2,1,2,3,4)/q;;2*+3;;;/p-6. The van der Waals surface area contributed by atoms with Crippen LogP contribution in [0.25, 0.3) is 0 Å². The van der Waals surface area contributed by atoms with Crippen molar-refractivity contribution >= 4 is 77.9 Å². The molecule has 0 rings (SSSR count). The fourth-order valence-corrected chi connectivity index (χ4v) is 0. The summed E-state index contributed by atoms with van der Waals surface area (Å²) in [6.07, 6.45) is 0. The molecule has 0 amide bonds. The molecule has 0 aliphatic carbocycles. The van der Waals surface area contributed by atoms with Crippen molar-refractivity contribution < 1.29 is 72.4 Å². The van der Waals surface area contributed by atoms with Crippen molar-refractivity contribution in [1.82, 2.24) is 0 Å². The van der Waals surface area contributed by atoms with Crippen LogP contribution >= 0.6 is 0 Å². The predicted octanol–water partition coefficient (Wildman–Crippen LogP) is -4.59. The van der Waals surface area contributed by atoms with E-state index in [1.54, 1.807) is 0 Å². The zero-order valence-corrected chi connectivity index (χ0v) is 16.7. The average molecular weight is 462 g/mol. The topological polar surface area (TPSA) is 315 Å². The van der Waals surface area contributed by atoms with Gasteiger partial charge < -0.3 is 37.5 Å². The van der Waals surface area contributed by atoms with E-state index >= 15 is 0 Å². The molecule has 0 heterocycles. The van der Waals surface area contributed by atoms with Crippen molar-refractivity contribution in [2.24, 2.45) is 0 Å². The van der Waals surface area contributed by atoms with Gasteiger partial charge in [0.2, 0.25) is 0 Å². The number of carboxylic acids is 2. The van der Waals surface area contributed by atoms with Crippen molar-refractivity contribution in [3.05, 3.63) is 0 Å². The van der Waals surface area contributed by atoms with E-state index in [1.165, 1.54) is 0 Å². The van der Waals surface area contributed by atoms with Gasteiger partial charge in [-0.1, -0.05) is 0 Å². The second kappa shape index (κ2) is 21.7. The summed E-state index contributed by atoms with van der Waals surface area (Å²) in [6, 6.07) is 0. The van der Waals surface area contributed by atoms with E-state index in [4.69, 9.17) is 72.4 Å². The Kier molecular flexibility index (Phi) is 38.3. The number of hydrogen-bond donors (Lipinski definition) is 2. The van der Waals surface area contributed by atoms with Gasteiger partial charge in [0.25, 0.3) is 11.9 Å². The minimum absolute atomic E-state index is 0. The van der Waals surface area contributed by atoms with Gasteiger partial charge >= 0.3 is 34.7 Å². The molecule has 0 fully saturated rings. The molecule has 0 atom stereocenters. The van der Waals surface area contributed by atoms with Gasteiger partial charge in [0.1, 0.15) is 0 Å². The summed E-state index contributed by atoms with van der Waals surface area (Å²) in [6.45, 7) is 2.17. The molecule has 0 aromatic heterocycles. The molecule has 0 saturated heterocycles. The fraction of sp³-hybridized carbons (Fsp3) is 0.500. The van der Waals surface area contributed by atoms with Crippen LogP contribution in [0.15, 0.2) is 0 Å². The van der Waals surface area contributed by atoms with Crippen LogP contribution in [0.2, 0.25) is 0 Å². The first-order chi connectivity index (χ1) is 9.46. The van der Waals surface area contributed by atoms with Gasteiger partial charge in [0.15, 0.2) is 0 Å². The smallest absolute Gasteiger partial charge is 0.759 e. The van der Waals surface area contributed by atoms with Gasteiger partial charge in [-0.3, -0.25) is 34.8 Å². The molecule has 2 N–H and O–H groups in total. The Bertz CT molecular complexity index is 501. The van der Waals surface area contributed by atoms with Crippen LogP contribution in [-0.2, 0) is 40.8 Å². The van der Waals surface area contributed by atoms with Gasteiger partial charge in [-0.25, -0.2) is 0 Å². The van der Waals surface area contributed by atoms with E-state index in [1.807, 2.05) is 0 Å². The number of hydrogen-bond acceptors (Lipinski definition) is 14. The number of carbonyl (C=O) groups is 2. The van der Waals surface area contributed by atoms with Gasteiger partial charge in [0.05, 0.1) is 0 Å². The van der Waals surface area contributed by atoms with Crippen molar-refractivity contribution in [2.75, 3.05) is 0 Å². The molecule has 0 aliphatic rings. The van der Waals surface area contributed by atoms with Crippen molar-refractivity contribution in [3.63, 3.8) is 0 Å². The van der Waals surface area contributed by atoms with E-state index in [9.17, 15) is 0 Å². The molecule has 16 nitrogen and oxygen atoms in total. The molecule has 21 heteroatoms. The number of aliphatic carboxylic acids is 2. The third-order valence-corrected chi connectivity index (χ3v) is 0. The van der Waals surface area contributed by atoms with Crippen molar-refractivity contribution in [2.45, 2.75) is 13.8 Å². The Morgan fingerprint density at radius 1 is 0.560 bits per heavy atom. The maximum atomic E-state index is 9.00. The van der Waals surface area contributed by atoms with E-state index in [0.29, 0.717) is 0 Å². The first-order valence-corrected chi connectivity index (χ1v) is 7.86. The maximum absolute atomic E-state index is 9.00. The van der Waals surface area contributed by atoms with Crippen LogP contribution in [0, 0.1) is 0 Å². The maximum Gasteiger partial charge on any atom is 3.00 e. The zero-order chi connectivity index (χ0) is 20.7. The Balaban J connectivity index is -0.0000000319. The first-order valence-electron chi connectivity index (χ1n) is 3.86. The Morgan fingerprint density at radius 2 is 0.560 bits per heavy atom. The molecule has 0 unspecified atom stereocenters. The summed E-state index contributed by atoms with van der Waals surface area (Å²) >= 11 is 0. The molecule has 0 aromatic rings. The van der Waals surface area contributed by atoms with E-state index in [-0.39, 0.29) is 34.7 Å². The van der Waals surface area contributed by atoms with Crippen molar-refractivity contribution in [3.8, 4) is 0 Å². The second-order valence-corrected chi connectivity index (χ2v) is 4.71. The normalized spacial score (nSPS) is 8.96. The molecule has 0 spiro atoms. The van der Waals surface area contributed by atoms with Crippen molar-refractivity contribution in [1.29, 1.82) is 0 Å². The van der Waals surface area contributed by atoms with Gasteiger partial charge in [0, 0.05) is 45.0 Å². The molecule has 0 saturated carbocycles. The summed E-state index contributed by atoms with van der Waals surface area (Å²) in [5.41, 5.74) is 0. The van der Waals surface area contributed by atoms with Crippen LogP contribution in [0.1, 0.15) is 13.8 Å². The molecular weight excluding hydrogens is 454 g/mol.